The van der Waals surface area contributed by atoms with Gasteiger partial charge in [-0.2, -0.15) is 9.97 Å². The first-order valence-corrected chi connectivity index (χ1v) is 8.67. The van der Waals surface area contributed by atoms with E-state index in [1.54, 1.807) is 13.4 Å². The Kier molecular flexibility index (Phi) is 3.51. The SMILES string of the molecule is COc1c(NCc2coc3nc(N)nc(N)c23)ccc2c1oc1ccccc12. The lowest BCUT2D eigenvalue weighted by atomic mass is 10.1. The first kappa shape index (κ1) is 16.2. The van der Waals surface area contributed by atoms with E-state index in [0.29, 0.717) is 29.0 Å². The van der Waals surface area contributed by atoms with Crippen molar-refractivity contribution in [1.82, 2.24) is 9.97 Å². The number of furan rings is 2. The van der Waals surface area contributed by atoms with Crippen LogP contribution in [-0.2, 0) is 6.54 Å². The molecule has 8 heteroatoms. The molecule has 5 rings (SSSR count). The Labute approximate surface area is 159 Å². The molecule has 3 aromatic heterocycles. The van der Waals surface area contributed by atoms with Crippen LogP contribution < -0.4 is 21.5 Å². The minimum absolute atomic E-state index is 0.0795. The highest BCUT2D eigenvalue weighted by Gasteiger charge is 2.17. The fourth-order valence-corrected chi connectivity index (χ4v) is 3.47. The van der Waals surface area contributed by atoms with Gasteiger partial charge in [0.25, 0.3) is 0 Å². The second-order valence-electron chi connectivity index (χ2n) is 6.38. The lowest BCUT2D eigenvalue weighted by Crippen LogP contribution is -2.03. The first-order valence-electron chi connectivity index (χ1n) is 8.67. The number of methoxy groups -OCH3 is 1. The molecule has 3 heterocycles. The molecule has 5 aromatic rings. The third kappa shape index (κ3) is 2.38. The van der Waals surface area contributed by atoms with Crippen LogP contribution in [0.3, 0.4) is 0 Å². The number of hydrogen-bond acceptors (Lipinski definition) is 8. The number of hydrogen-bond donors (Lipinski definition) is 3. The van der Waals surface area contributed by atoms with Gasteiger partial charge < -0.3 is 30.4 Å². The summed E-state index contributed by atoms with van der Waals surface area (Å²) in [7, 11) is 1.62. The van der Waals surface area contributed by atoms with Gasteiger partial charge in [-0.3, -0.25) is 0 Å². The Hall–Kier alpha value is -3.94. The topological polar surface area (TPSA) is 125 Å². The van der Waals surface area contributed by atoms with Gasteiger partial charge in [0.2, 0.25) is 11.7 Å². The van der Waals surface area contributed by atoms with Gasteiger partial charge in [0.15, 0.2) is 11.3 Å². The second kappa shape index (κ2) is 6.05. The zero-order valence-corrected chi connectivity index (χ0v) is 15.0. The van der Waals surface area contributed by atoms with Gasteiger partial charge in [-0.15, -0.1) is 0 Å². The summed E-state index contributed by atoms with van der Waals surface area (Å²) in [6.07, 6.45) is 1.59. The van der Waals surface area contributed by atoms with Crippen molar-refractivity contribution in [2.45, 2.75) is 6.54 Å². The van der Waals surface area contributed by atoms with Crippen LogP contribution in [0.4, 0.5) is 17.5 Å². The van der Waals surface area contributed by atoms with Crippen molar-refractivity contribution in [1.29, 1.82) is 0 Å². The standard InChI is InChI=1S/C20H17N5O3/c1-26-17-13(7-6-12-11-4-2-3-5-14(11)28-16(12)17)23-8-10-9-27-19-15(10)18(21)24-20(22)25-19/h2-7,9,23H,8H2,1H3,(H4,21,22,24,25). The Morgan fingerprint density at radius 3 is 2.79 bits per heavy atom. The van der Waals surface area contributed by atoms with Crippen molar-refractivity contribution in [2.24, 2.45) is 0 Å². The number of anilines is 3. The summed E-state index contributed by atoms with van der Waals surface area (Å²) in [6.45, 7) is 0.437. The van der Waals surface area contributed by atoms with Crippen molar-refractivity contribution in [3.05, 3.63) is 48.2 Å². The fraction of sp³-hybridized carbons (Fsp3) is 0.100. The van der Waals surface area contributed by atoms with Crippen LogP contribution in [0.2, 0.25) is 0 Å². The number of benzene rings is 2. The molecule has 0 amide bonds. The summed E-state index contributed by atoms with van der Waals surface area (Å²) < 4.78 is 17.1. The van der Waals surface area contributed by atoms with Gasteiger partial charge in [-0.1, -0.05) is 18.2 Å². The van der Waals surface area contributed by atoms with Crippen molar-refractivity contribution < 1.29 is 13.6 Å². The zero-order valence-electron chi connectivity index (χ0n) is 15.0. The highest BCUT2D eigenvalue weighted by atomic mass is 16.5. The number of nitrogens with two attached hydrogens (primary N) is 2. The summed E-state index contributed by atoms with van der Waals surface area (Å²) in [4.78, 5) is 8.07. The van der Waals surface area contributed by atoms with Crippen LogP contribution in [0.1, 0.15) is 5.56 Å². The maximum atomic E-state index is 6.02. The third-order valence-electron chi connectivity index (χ3n) is 4.73. The van der Waals surface area contributed by atoms with E-state index in [1.807, 2.05) is 36.4 Å². The molecule has 0 spiro atoms. The van der Waals surface area contributed by atoms with Crippen molar-refractivity contribution >= 4 is 50.5 Å². The Morgan fingerprint density at radius 1 is 1.07 bits per heavy atom. The summed E-state index contributed by atoms with van der Waals surface area (Å²) in [5, 5.41) is 6.04. The molecule has 28 heavy (non-hydrogen) atoms. The summed E-state index contributed by atoms with van der Waals surface area (Å²) in [5.74, 6) is 0.999. The van der Waals surface area contributed by atoms with Gasteiger partial charge in [0, 0.05) is 22.9 Å². The van der Waals surface area contributed by atoms with Crippen LogP contribution in [0.5, 0.6) is 5.75 Å². The maximum Gasteiger partial charge on any atom is 0.233 e. The minimum Gasteiger partial charge on any atom is -0.491 e. The summed E-state index contributed by atoms with van der Waals surface area (Å²) in [5.41, 5.74) is 15.1. The lowest BCUT2D eigenvalue weighted by Gasteiger charge is -2.11. The average Bonchev–Trinajstić information content (AvgIpc) is 3.27. The number of nitrogens with one attached hydrogen (secondary N) is 1. The minimum atomic E-state index is 0.0795. The zero-order chi connectivity index (χ0) is 19.3. The molecule has 0 unspecified atom stereocenters. The molecule has 0 radical (unpaired) electrons. The van der Waals surface area contributed by atoms with Gasteiger partial charge >= 0.3 is 0 Å². The normalized spacial score (nSPS) is 11.5. The summed E-state index contributed by atoms with van der Waals surface area (Å²) in [6, 6.07) is 11.9. The summed E-state index contributed by atoms with van der Waals surface area (Å²) >= 11 is 0. The number of ether oxygens (including phenoxy) is 1. The van der Waals surface area contributed by atoms with E-state index in [2.05, 4.69) is 15.3 Å². The van der Waals surface area contributed by atoms with Gasteiger partial charge in [-0.05, 0) is 18.2 Å². The highest BCUT2D eigenvalue weighted by molar-refractivity contribution is 6.08. The molecule has 5 N–H and O–H groups in total. The van der Waals surface area contributed by atoms with Crippen molar-refractivity contribution in [2.75, 3.05) is 23.9 Å². The van der Waals surface area contributed by atoms with Gasteiger partial charge in [0.1, 0.15) is 11.4 Å². The molecule has 0 aliphatic rings. The Balaban J connectivity index is 1.54. The first-order chi connectivity index (χ1) is 13.7. The van der Waals surface area contributed by atoms with Crippen LogP contribution in [0.25, 0.3) is 33.0 Å². The Morgan fingerprint density at radius 2 is 1.93 bits per heavy atom. The molecule has 0 aliphatic carbocycles. The number of nitrogens with zero attached hydrogens (tertiary/aromatic N) is 2. The molecule has 0 fully saturated rings. The third-order valence-corrected chi connectivity index (χ3v) is 4.73. The molecule has 8 nitrogen and oxygen atoms in total. The number of para-hydroxylation sites is 1. The van der Waals surface area contributed by atoms with E-state index in [1.165, 1.54) is 0 Å². The number of rotatable bonds is 4. The average molecular weight is 375 g/mol. The Bertz CT molecular complexity index is 1340. The van der Waals surface area contributed by atoms with E-state index in [-0.39, 0.29) is 11.8 Å². The van der Waals surface area contributed by atoms with Crippen molar-refractivity contribution in [3.63, 3.8) is 0 Å². The molecule has 0 aliphatic heterocycles. The van der Waals surface area contributed by atoms with Crippen LogP contribution >= 0.6 is 0 Å². The molecule has 0 saturated carbocycles. The molecular formula is C20H17N5O3. The fourth-order valence-electron chi connectivity index (χ4n) is 3.47. The molecule has 0 bridgehead atoms. The van der Waals surface area contributed by atoms with E-state index < -0.39 is 0 Å². The maximum absolute atomic E-state index is 6.02. The lowest BCUT2D eigenvalue weighted by molar-refractivity contribution is 0.413. The number of aromatic nitrogens is 2. The highest BCUT2D eigenvalue weighted by Crippen LogP contribution is 2.39. The smallest absolute Gasteiger partial charge is 0.233 e. The molecule has 0 atom stereocenters. The molecule has 140 valence electrons. The van der Waals surface area contributed by atoms with Crippen LogP contribution in [0, 0.1) is 0 Å². The monoisotopic (exact) mass is 375 g/mol. The van der Waals surface area contributed by atoms with E-state index in [9.17, 15) is 0 Å². The van der Waals surface area contributed by atoms with Crippen LogP contribution in [-0.4, -0.2) is 17.1 Å². The van der Waals surface area contributed by atoms with Gasteiger partial charge in [0.05, 0.1) is 24.4 Å². The quantitative estimate of drug-likeness (QED) is 0.432. The van der Waals surface area contributed by atoms with E-state index >= 15 is 0 Å². The van der Waals surface area contributed by atoms with E-state index in [0.717, 1.165) is 27.6 Å². The van der Waals surface area contributed by atoms with Crippen molar-refractivity contribution in [3.8, 4) is 5.75 Å². The molecule has 0 saturated heterocycles. The predicted octanol–water partition coefficient (Wildman–Crippen LogP) is 3.91. The molecule has 2 aromatic carbocycles. The number of nitrogen functional groups attached to an aromatic ring is 2. The van der Waals surface area contributed by atoms with Gasteiger partial charge in [-0.25, -0.2) is 0 Å². The van der Waals surface area contributed by atoms with Crippen LogP contribution in [0.15, 0.2) is 51.5 Å². The predicted molar refractivity (Wildman–Crippen MR) is 108 cm³/mol. The van der Waals surface area contributed by atoms with E-state index in [4.69, 9.17) is 25.0 Å². The molecular weight excluding hydrogens is 358 g/mol. The number of fused-ring (bicyclic) bond motifs is 4. The largest absolute Gasteiger partial charge is 0.491 e. The second-order valence-corrected chi connectivity index (χ2v) is 6.38.